The summed E-state index contributed by atoms with van der Waals surface area (Å²) in [5, 5.41) is 0. The van der Waals surface area contributed by atoms with Gasteiger partial charge in [-0.25, -0.2) is 9.97 Å². The number of nitrogens with zero attached hydrogens (tertiary/aromatic N) is 4. The van der Waals surface area contributed by atoms with Crippen LogP contribution in [0.3, 0.4) is 0 Å². The number of hydrogen-bond acceptors (Lipinski definition) is 5. The highest BCUT2D eigenvalue weighted by Crippen LogP contribution is 2.09. The Kier molecular flexibility index (Phi) is 1.91. The van der Waals surface area contributed by atoms with Crippen molar-refractivity contribution < 1.29 is 0 Å². The molecule has 1 aromatic heterocycles. The summed E-state index contributed by atoms with van der Waals surface area (Å²) in [5.74, 6) is 0.820. The van der Waals surface area contributed by atoms with Crippen LogP contribution in [0.15, 0.2) is 30.8 Å². The Balaban J connectivity index is 2.25. The maximum Gasteiger partial charge on any atom is 0.234 e. The van der Waals surface area contributed by atoms with Gasteiger partial charge in [0.2, 0.25) is 11.9 Å². The van der Waals surface area contributed by atoms with Gasteiger partial charge in [0.1, 0.15) is 6.33 Å². The Hall–Kier alpha value is -1.91. The lowest BCUT2D eigenvalue weighted by molar-refractivity contribution is 0.947. The van der Waals surface area contributed by atoms with Crippen molar-refractivity contribution in [1.29, 1.82) is 0 Å². The van der Waals surface area contributed by atoms with E-state index >= 15 is 0 Å². The quantitative estimate of drug-likeness (QED) is 0.666. The Bertz CT molecular complexity index is 357. The zero-order valence-electron chi connectivity index (χ0n) is 6.96. The fourth-order valence-electron chi connectivity index (χ4n) is 1.05. The monoisotopic (exact) mass is 175 g/mol. The van der Waals surface area contributed by atoms with E-state index in [1.807, 2.05) is 29.3 Å². The highest BCUT2D eigenvalue weighted by atomic mass is 15.3. The second kappa shape index (κ2) is 3.22. The minimum atomic E-state index is 0.243. The van der Waals surface area contributed by atoms with E-state index in [1.165, 1.54) is 6.33 Å². The summed E-state index contributed by atoms with van der Waals surface area (Å²) in [5.41, 5.74) is 5.43. The zero-order chi connectivity index (χ0) is 9.10. The number of nitrogen functional groups attached to an aromatic ring is 1. The molecule has 66 valence electrons. The van der Waals surface area contributed by atoms with Crippen LogP contribution in [-0.4, -0.2) is 21.5 Å². The maximum absolute atomic E-state index is 5.43. The number of anilines is 2. The fourth-order valence-corrected chi connectivity index (χ4v) is 1.05. The highest BCUT2D eigenvalue weighted by molar-refractivity contribution is 5.40. The first-order chi connectivity index (χ1) is 6.36. The van der Waals surface area contributed by atoms with Crippen molar-refractivity contribution in [3.05, 3.63) is 30.8 Å². The lowest BCUT2D eigenvalue weighted by Gasteiger charge is -2.17. The Morgan fingerprint density at radius 1 is 1.31 bits per heavy atom. The lowest BCUT2D eigenvalue weighted by atomic mass is 10.4. The molecule has 13 heavy (non-hydrogen) atoms. The van der Waals surface area contributed by atoms with E-state index in [0.29, 0.717) is 5.95 Å². The van der Waals surface area contributed by atoms with E-state index in [4.69, 9.17) is 5.73 Å². The molecule has 0 saturated heterocycles. The molecule has 5 nitrogen and oxygen atoms in total. The van der Waals surface area contributed by atoms with Crippen molar-refractivity contribution in [2.75, 3.05) is 17.2 Å². The molecular formula is C8H9N5. The molecule has 0 unspecified atom stereocenters. The molecule has 0 bridgehead atoms. The van der Waals surface area contributed by atoms with Crippen LogP contribution in [0.5, 0.6) is 0 Å². The molecule has 2 rings (SSSR count). The van der Waals surface area contributed by atoms with Gasteiger partial charge < -0.3 is 10.6 Å². The van der Waals surface area contributed by atoms with Gasteiger partial charge in [-0.05, 0) is 6.08 Å². The smallest absolute Gasteiger partial charge is 0.234 e. The van der Waals surface area contributed by atoms with Crippen LogP contribution in [0.4, 0.5) is 11.9 Å². The minimum absolute atomic E-state index is 0.243. The van der Waals surface area contributed by atoms with E-state index < -0.39 is 0 Å². The molecule has 0 spiro atoms. The van der Waals surface area contributed by atoms with Crippen LogP contribution in [0, 0.1) is 0 Å². The largest absolute Gasteiger partial charge is 0.368 e. The minimum Gasteiger partial charge on any atom is -0.368 e. The second-order valence-electron chi connectivity index (χ2n) is 2.57. The van der Waals surface area contributed by atoms with E-state index in [9.17, 15) is 0 Å². The Labute approximate surface area is 75.6 Å². The highest BCUT2D eigenvalue weighted by Gasteiger charge is 2.06. The summed E-state index contributed by atoms with van der Waals surface area (Å²) in [6.07, 6.45) is 9.21. The molecule has 0 radical (unpaired) electrons. The normalized spacial score (nSPS) is 14.9. The van der Waals surface area contributed by atoms with Gasteiger partial charge in [-0.2, -0.15) is 4.98 Å². The van der Waals surface area contributed by atoms with Crippen LogP contribution in [0.25, 0.3) is 0 Å². The third-order valence-corrected chi connectivity index (χ3v) is 1.65. The number of allylic oxidation sites excluding steroid dienone is 2. The standard InChI is InChI=1S/C8H9N5/c9-7-10-6-11-8(12-7)13-4-2-1-3-5-13/h1-4,6H,5H2,(H2,9,10,11,12). The van der Waals surface area contributed by atoms with Gasteiger partial charge in [0.25, 0.3) is 0 Å². The third-order valence-electron chi connectivity index (χ3n) is 1.65. The van der Waals surface area contributed by atoms with Gasteiger partial charge in [0, 0.05) is 12.7 Å². The van der Waals surface area contributed by atoms with Crippen molar-refractivity contribution in [1.82, 2.24) is 15.0 Å². The molecule has 0 aliphatic carbocycles. The van der Waals surface area contributed by atoms with Crippen LogP contribution >= 0.6 is 0 Å². The maximum atomic E-state index is 5.43. The predicted molar refractivity (Wildman–Crippen MR) is 49.9 cm³/mol. The average Bonchev–Trinajstić information content (AvgIpc) is 2.19. The van der Waals surface area contributed by atoms with E-state index in [1.54, 1.807) is 0 Å². The first-order valence-corrected chi connectivity index (χ1v) is 3.91. The molecule has 2 N–H and O–H groups in total. The molecular weight excluding hydrogens is 166 g/mol. The summed E-state index contributed by atoms with van der Waals surface area (Å²) in [4.78, 5) is 13.6. The molecule has 0 atom stereocenters. The molecule has 1 aliphatic heterocycles. The molecule has 2 heterocycles. The van der Waals surface area contributed by atoms with Crippen molar-refractivity contribution in [3.8, 4) is 0 Å². The van der Waals surface area contributed by atoms with Crippen molar-refractivity contribution in [2.45, 2.75) is 0 Å². The summed E-state index contributed by atoms with van der Waals surface area (Å²) in [6.45, 7) is 0.764. The van der Waals surface area contributed by atoms with Gasteiger partial charge in [0.05, 0.1) is 0 Å². The summed E-state index contributed by atoms with van der Waals surface area (Å²) in [7, 11) is 0. The van der Waals surface area contributed by atoms with Crippen LogP contribution < -0.4 is 10.6 Å². The van der Waals surface area contributed by atoms with E-state index in [0.717, 1.165) is 6.54 Å². The first kappa shape index (κ1) is 7.72. The molecule has 1 aliphatic rings. The van der Waals surface area contributed by atoms with Gasteiger partial charge in [-0.1, -0.05) is 12.2 Å². The SMILES string of the molecule is Nc1ncnc(N2C=CC=CC2)n1. The topological polar surface area (TPSA) is 67.9 Å². The van der Waals surface area contributed by atoms with Crippen molar-refractivity contribution in [2.24, 2.45) is 0 Å². The second-order valence-corrected chi connectivity index (χ2v) is 2.57. The van der Waals surface area contributed by atoms with Crippen LogP contribution in [0.2, 0.25) is 0 Å². The Morgan fingerprint density at radius 2 is 2.23 bits per heavy atom. The molecule has 0 amide bonds. The van der Waals surface area contributed by atoms with Crippen molar-refractivity contribution in [3.63, 3.8) is 0 Å². The summed E-state index contributed by atoms with van der Waals surface area (Å²) < 4.78 is 0. The molecule has 5 heteroatoms. The molecule has 1 aromatic rings. The average molecular weight is 175 g/mol. The predicted octanol–water partition coefficient (Wildman–Crippen LogP) is 0.344. The van der Waals surface area contributed by atoms with Crippen LogP contribution in [-0.2, 0) is 0 Å². The molecule has 0 aromatic carbocycles. The first-order valence-electron chi connectivity index (χ1n) is 3.91. The Morgan fingerprint density at radius 3 is 2.92 bits per heavy atom. The van der Waals surface area contributed by atoms with Gasteiger partial charge in [-0.15, -0.1) is 0 Å². The fraction of sp³-hybridized carbons (Fsp3) is 0.125. The summed E-state index contributed by atoms with van der Waals surface area (Å²) >= 11 is 0. The van der Waals surface area contributed by atoms with Gasteiger partial charge in [0.15, 0.2) is 0 Å². The van der Waals surface area contributed by atoms with E-state index in [-0.39, 0.29) is 5.95 Å². The summed E-state index contributed by atoms with van der Waals surface area (Å²) in [6, 6.07) is 0. The molecule has 0 fully saturated rings. The lowest BCUT2D eigenvalue weighted by Crippen LogP contribution is -2.20. The number of hydrogen-bond donors (Lipinski definition) is 1. The zero-order valence-corrected chi connectivity index (χ0v) is 6.96. The third kappa shape index (κ3) is 1.64. The van der Waals surface area contributed by atoms with Gasteiger partial charge >= 0.3 is 0 Å². The van der Waals surface area contributed by atoms with E-state index in [2.05, 4.69) is 15.0 Å². The van der Waals surface area contributed by atoms with Gasteiger partial charge in [-0.3, -0.25) is 0 Å². The number of aromatic nitrogens is 3. The van der Waals surface area contributed by atoms with Crippen LogP contribution in [0.1, 0.15) is 0 Å². The number of nitrogens with two attached hydrogens (primary N) is 1. The van der Waals surface area contributed by atoms with Crippen molar-refractivity contribution >= 4 is 11.9 Å². The number of rotatable bonds is 1. The molecule has 0 saturated carbocycles.